The van der Waals surface area contributed by atoms with Crippen LogP contribution in [-0.4, -0.2) is 42.6 Å². The number of esters is 1. The van der Waals surface area contributed by atoms with E-state index in [1.165, 1.54) is 30.9 Å². The van der Waals surface area contributed by atoms with Crippen molar-refractivity contribution < 1.29 is 37.7 Å². The Labute approximate surface area is 244 Å². The van der Waals surface area contributed by atoms with Gasteiger partial charge in [-0.05, 0) is 60.8 Å². The molecule has 42 heavy (non-hydrogen) atoms. The third-order valence-corrected chi connectivity index (χ3v) is 7.58. The number of nitro groups is 1. The van der Waals surface area contributed by atoms with E-state index in [0.29, 0.717) is 61.2 Å². The fourth-order valence-corrected chi connectivity index (χ4v) is 5.67. The third-order valence-electron chi connectivity index (χ3n) is 6.61. The first-order valence-electron chi connectivity index (χ1n) is 12.8. The highest BCUT2D eigenvalue weighted by Gasteiger charge is 2.42. The lowest BCUT2D eigenvalue weighted by atomic mass is 10.0. The van der Waals surface area contributed by atoms with Crippen LogP contribution in [0.1, 0.15) is 39.1 Å². The van der Waals surface area contributed by atoms with Gasteiger partial charge in [-0.25, -0.2) is 9.59 Å². The van der Waals surface area contributed by atoms with Crippen molar-refractivity contribution in [3.8, 4) is 34.1 Å². The van der Waals surface area contributed by atoms with Crippen LogP contribution >= 0.6 is 11.8 Å². The lowest BCUT2D eigenvalue weighted by Crippen LogP contribution is -2.45. The predicted octanol–water partition coefficient (Wildman–Crippen LogP) is 5.80. The van der Waals surface area contributed by atoms with Crippen molar-refractivity contribution in [2.24, 2.45) is 0 Å². The highest BCUT2D eigenvalue weighted by Crippen LogP contribution is 2.38. The van der Waals surface area contributed by atoms with Crippen LogP contribution in [0.3, 0.4) is 0 Å². The molecule has 0 saturated carbocycles. The Morgan fingerprint density at radius 2 is 1.86 bits per heavy atom. The van der Waals surface area contributed by atoms with Crippen LogP contribution in [0.15, 0.2) is 63.0 Å². The summed E-state index contributed by atoms with van der Waals surface area (Å²) in [5.41, 5.74) is 2.78. The highest BCUT2D eigenvalue weighted by atomic mass is 32.2. The summed E-state index contributed by atoms with van der Waals surface area (Å²) < 4.78 is 23.6. The monoisotopic (exact) mass is 588 g/mol. The summed E-state index contributed by atoms with van der Waals surface area (Å²) in [6, 6.07) is 13.1. The average molecular weight is 589 g/mol. The van der Waals surface area contributed by atoms with Gasteiger partial charge in [-0.2, -0.15) is 0 Å². The number of carbonyl (C=O) groups excluding carboxylic acids is 2. The van der Waals surface area contributed by atoms with E-state index in [1.54, 1.807) is 63.2 Å². The summed E-state index contributed by atoms with van der Waals surface area (Å²) in [7, 11) is 3.02. The number of carbonyl (C=O) groups is 2. The van der Waals surface area contributed by atoms with Crippen LogP contribution < -0.4 is 14.0 Å². The largest absolute Gasteiger partial charge is 0.493 e. The molecule has 12 heteroatoms. The van der Waals surface area contributed by atoms with E-state index in [4.69, 9.17) is 18.6 Å². The second-order valence-corrected chi connectivity index (χ2v) is 10.2. The Hall–Kier alpha value is -4.97. The molecular weight excluding hydrogens is 562 g/mol. The van der Waals surface area contributed by atoms with Crippen LogP contribution in [-0.2, 0) is 4.74 Å². The van der Waals surface area contributed by atoms with Gasteiger partial charge < -0.3 is 18.6 Å². The van der Waals surface area contributed by atoms with Crippen LogP contribution in [0.5, 0.6) is 11.5 Å². The molecule has 0 spiro atoms. The number of aromatic nitrogens is 2. The molecule has 0 N–H and O–H groups in total. The van der Waals surface area contributed by atoms with Gasteiger partial charge in [0.05, 0.1) is 25.7 Å². The van der Waals surface area contributed by atoms with E-state index < -0.39 is 16.8 Å². The number of hydrogen-bond acceptors (Lipinski definition) is 10. The summed E-state index contributed by atoms with van der Waals surface area (Å²) >= 11 is 1.15. The van der Waals surface area contributed by atoms with Crippen molar-refractivity contribution in [1.29, 1.82) is 0 Å². The highest BCUT2D eigenvalue weighted by molar-refractivity contribution is 8.04. The zero-order valence-electron chi connectivity index (χ0n) is 23.4. The number of ether oxygens (including phenoxy) is 3. The van der Waals surface area contributed by atoms with E-state index >= 15 is 0 Å². The Kier molecular flexibility index (Phi) is 7.81. The molecule has 11 nitrogen and oxygen atoms in total. The smallest absolute Gasteiger partial charge is 0.372 e. The average Bonchev–Trinajstić information content (AvgIpc) is 3.55. The molecule has 0 bridgehead atoms. The number of aryl methyl sites for hydroxylation is 2. The molecule has 0 saturated heterocycles. The Balaban J connectivity index is 1.59. The Morgan fingerprint density at radius 3 is 2.52 bits per heavy atom. The molecule has 0 radical (unpaired) electrons. The molecular formula is C30H26N3O8S+. The van der Waals surface area contributed by atoms with E-state index in [1.807, 2.05) is 0 Å². The van der Waals surface area contributed by atoms with E-state index in [-0.39, 0.29) is 17.9 Å². The maximum Gasteiger partial charge on any atom is 0.372 e. The molecule has 5 rings (SSSR count). The molecule has 3 heterocycles. The molecule has 0 fully saturated rings. The fraction of sp³-hybridized carbons (Fsp3) is 0.200. The minimum Gasteiger partial charge on any atom is -0.493 e. The van der Waals surface area contributed by atoms with Crippen molar-refractivity contribution >= 4 is 35.4 Å². The predicted molar refractivity (Wildman–Crippen MR) is 154 cm³/mol. The molecule has 2 aromatic heterocycles. The van der Waals surface area contributed by atoms with Crippen LogP contribution in [0.4, 0.5) is 5.69 Å². The molecule has 0 aliphatic carbocycles. The number of nitro benzene ring substituents is 1. The number of thioether (sulfide) groups is 1. The molecule has 2 aromatic carbocycles. The van der Waals surface area contributed by atoms with Gasteiger partial charge in [-0.15, -0.1) is 4.57 Å². The van der Waals surface area contributed by atoms with Gasteiger partial charge in [-0.1, -0.05) is 0 Å². The number of allylic oxidation sites excluding steroid dienone is 1. The number of benzene rings is 2. The van der Waals surface area contributed by atoms with Gasteiger partial charge in [0.1, 0.15) is 16.4 Å². The normalized spacial score (nSPS) is 13.3. The van der Waals surface area contributed by atoms with Crippen molar-refractivity contribution in [3.63, 3.8) is 0 Å². The van der Waals surface area contributed by atoms with Gasteiger partial charge in [0.25, 0.3) is 5.69 Å². The van der Waals surface area contributed by atoms with Crippen LogP contribution in [0.2, 0.25) is 0 Å². The topological polar surface area (TPSA) is 135 Å². The Morgan fingerprint density at radius 1 is 1.10 bits per heavy atom. The minimum absolute atomic E-state index is 0.0110. The number of nitrogens with zero attached hydrogens (tertiary/aromatic N) is 3. The zero-order valence-corrected chi connectivity index (χ0v) is 24.2. The van der Waals surface area contributed by atoms with Crippen molar-refractivity contribution in [3.05, 3.63) is 86.1 Å². The number of furan rings is 1. The van der Waals surface area contributed by atoms with Gasteiger partial charge in [0.2, 0.25) is 0 Å². The first kappa shape index (κ1) is 28.6. The molecule has 0 amide bonds. The maximum atomic E-state index is 13.9. The summed E-state index contributed by atoms with van der Waals surface area (Å²) in [4.78, 5) is 42.5. The van der Waals surface area contributed by atoms with Crippen LogP contribution in [0.25, 0.3) is 28.7 Å². The lowest BCUT2D eigenvalue weighted by Gasteiger charge is -2.12. The summed E-state index contributed by atoms with van der Waals surface area (Å²) in [6.45, 7) is 5.30. The summed E-state index contributed by atoms with van der Waals surface area (Å²) in [5.74, 6) is 0.812. The fourth-order valence-electron chi connectivity index (χ4n) is 4.68. The first-order valence-corrected chi connectivity index (χ1v) is 13.6. The van der Waals surface area contributed by atoms with Crippen LogP contribution in [0, 0.1) is 24.0 Å². The van der Waals surface area contributed by atoms with Crippen molar-refractivity contribution in [2.45, 2.75) is 25.9 Å². The third kappa shape index (κ3) is 5.12. The standard InChI is InChI=1S/C30H26N3O8S/c1-6-40-29(35)26-17(3)31-30-32(27(26)18-7-11-23(38-4)24(14-18)39-5)28(34)25(42-30)15-20-9-12-22(41-20)21-10-8-19(33(36)37)13-16(21)2/h7-15H,6H2,1-5H3/q+1. The van der Waals surface area contributed by atoms with Gasteiger partial charge in [0.15, 0.2) is 28.5 Å². The molecule has 1 aliphatic heterocycles. The maximum absolute atomic E-state index is 13.9. The van der Waals surface area contributed by atoms with E-state index in [0.717, 1.165) is 11.8 Å². The summed E-state index contributed by atoms with van der Waals surface area (Å²) in [5, 5.41) is 11.5. The lowest BCUT2D eigenvalue weighted by molar-refractivity contribution is -0.601. The second-order valence-electron chi connectivity index (χ2n) is 9.20. The van der Waals surface area contributed by atoms with Gasteiger partial charge in [0, 0.05) is 48.0 Å². The number of fused-ring (bicyclic) bond motifs is 1. The molecule has 0 atom stereocenters. The van der Waals surface area contributed by atoms with Crippen molar-refractivity contribution in [2.75, 3.05) is 20.8 Å². The number of hydrogen-bond donors (Lipinski definition) is 0. The SMILES string of the molecule is CCOC(=O)c1c(C)nc2[n+](c1-c1ccc(OC)c(OC)c1)C(=O)C(=Cc1ccc(-c3ccc([N+](=O)[O-])cc3C)o1)S2. The summed E-state index contributed by atoms with van der Waals surface area (Å²) in [6.07, 6.45) is 1.60. The Bertz CT molecular complexity index is 1790. The van der Waals surface area contributed by atoms with E-state index in [9.17, 15) is 19.7 Å². The second kappa shape index (κ2) is 11.5. The van der Waals surface area contributed by atoms with Crippen molar-refractivity contribution in [1.82, 2.24) is 4.98 Å². The number of methoxy groups -OCH3 is 2. The molecule has 214 valence electrons. The molecule has 4 aromatic rings. The zero-order chi connectivity index (χ0) is 30.1. The number of rotatable bonds is 8. The first-order chi connectivity index (χ1) is 20.2. The quantitative estimate of drug-likeness (QED) is 0.0620. The van der Waals surface area contributed by atoms with E-state index in [2.05, 4.69) is 4.98 Å². The molecule has 0 unspecified atom stereocenters. The van der Waals surface area contributed by atoms with Gasteiger partial charge >= 0.3 is 17.0 Å². The minimum atomic E-state index is -0.605. The molecule has 1 aliphatic rings. The van der Waals surface area contributed by atoms with Gasteiger partial charge in [-0.3, -0.25) is 10.1 Å². The number of non-ortho nitro benzene ring substituents is 1.